The number of hydrogen-bond donors (Lipinski definition) is 2. The van der Waals surface area contributed by atoms with Crippen molar-refractivity contribution in [2.24, 2.45) is 5.92 Å². The molecule has 0 radical (unpaired) electrons. The number of aromatic nitrogens is 2. The number of hydrogen-bond acceptors (Lipinski definition) is 6. The van der Waals surface area contributed by atoms with Gasteiger partial charge in [-0.1, -0.05) is 0 Å². The van der Waals surface area contributed by atoms with Crippen molar-refractivity contribution in [1.29, 1.82) is 0 Å². The molecule has 1 unspecified atom stereocenters. The van der Waals surface area contributed by atoms with Crippen molar-refractivity contribution < 1.29 is 14.6 Å². The normalized spacial score (nSPS) is 18.5. The van der Waals surface area contributed by atoms with Gasteiger partial charge in [0.2, 0.25) is 11.8 Å². The summed E-state index contributed by atoms with van der Waals surface area (Å²) in [4.78, 5) is 21.4. The van der Waals surface area contributed by atoms with Gasteiger partial charge in [0, 0.05) is 31.9 Å². The van der Waals surface area contributed by atoms with Gasteiger partial charge in [-0.15, -0.1) is 0 Å². The number of piperidine rings is 1. The van der Waals surface area contributed by atoms with Crippen molar-refractivity contribution in [2.75, 3.05) is 37.7 Å². The van der Waals surface area contributed by atoms with Crippen LogP contribution in [0, 0.1) is 5.92 Å². The van der Waals surface area contributed by atoms with E-state index in [2.05, 4.69) is 20.2 Å². The first-order valence-electron chi connectivity index (χ1n) is 7.32. The molecule has 1 aliphatic heterocycles. The van der Waals surface area contributed by atoms with Gasteiger partial charge in [0.15, 0.2) is 0 Å². The molecule has 7 heteroatoms. The molecule has 1 saturated heterocycles. The van der Waals surface area contributed by atoms with E-state index in [4.69, 9.17) is 9.84 Å². The largest absolute Gasteiger partial charge is 0.480 e. The van der Waals surface area contributed by atoms with Crippen LogP contribution in [0.3, 0.4) is 0 Å². The van der Waals surface area contributed by atoms with Crippen molar-refractivity contribution in [2.45, 2.75) is 19.8 Å². The third kappa shape index (κ3) is 4.86. The zero-order chi connectivity index (χ0) is 15.1. The van der Waals surface area contributed by atoms with Crippen LogP contribution in [0.2, 0.25) is 0 Å². The number of ether oxygens (including phenoxy) is 1. The Balaban J connectivity index is 1.90. The van der Waals surface area contributed by atoms with E-state index >= 15 is 0 Å². The van der Waals surface area contributed by atoms with Crippen LogP contribution in [0.25, 0.3) is 0 Å². The Labute approximate surface area is 124 Å². The van der Waals surface area contributed by atoms with Crippen molar-refractivity contribution in [3.63, 3.8) is 0 Å². The molecule has 0 spiro atoms. The summed E-state index contributed by atoms with van der Waals surface area (Å²) in [6, 6.07) is 1.75. The molecule has 1 atom stereocenters. The predicted molar refractivity (Wildman–Crippen MR) is 78.6 cm³/mol. The Morgan fingerprint density at radius 3 is 3.24 bits per heavy atom. The van der Waals surface area contributed by atoms with Crippen molar-refractivity contribution >= 4 is 11.9 Å². The number of nitrogens with zero attached hydrogens (tertiary/aromatic N) is 3. The van der Waals surface area contributed by atoms with Crippen LogP contribution in [0.15, 0.2) is 12.3 Å². The lowest BCUT2D eigenvalue weighted by atomic mass is 9.98. The maximum Gasteiger partial charge on any atom is 0.317 e. The third-order valence-electron chi connectivity index (χ3n) is 3.42. The maximum absolute atomic E-state index is 10.5. The minimum Gasteiger partial charge on any atom is -0.480 e. The summed E-state index contributed by atoms with van der Waals surface area (Å²) in [6.07, 6.45) is 3.86. The quantitative estimate of drug-likeness (QED) is 0.767. The molecule has 1 fully saturated rings. The molecule has 0 saturated carbocycles. The number of nitrogens with one attached hydrogen (secondary N) is 1. The lowest BCUT2D eigenvalue weighted by Gasteiger charge is -2.32. The molecule has 2 N–H and O–H groups in total. The van der Waals surface area contributed by atoms with Gasteiger partial charge in [0.25, 0.3) is 0 Å². The van der Waals surface area contributed by atoms with E-state index in [1.165, 1.54) is 0 Å². The van der Waals surface area contributed by atoms with Crippen LogP contribution < -0.4 is 15.0 Å². The topological polar surface area (TPSA) is 87.6 Å². The minimum atomic E-state index is -0.824. The summed E-state index contributed by atoms with van der Waals surface area (Å²) in [7, 11) is 0. The molecule has 1 aromatic rings. The average Bonchev–Trinajstić information content (AvgIpc) is 2.48. The van der Waals surface area contributed by atoms with E-state index in [1.54, 1.807) is 12.3 Å². The standard InChI is InChI=1S/C14H22N4O3/c1-2-21-12-5-6-16-14(17-12)18-7-3-4-11(10-18)8-15-9-13(19)20/h5-6,11,15H,2-4,7-10H2,1H3,(H,19,20). The second kappa shape index (κ2) is 7.78. The van der Waals surface area contributed by atoms with E-state index in [-0.39, 0.29) is 6.54 Å². The molecular weight excluding hydrogens is 272 g/mol. The maximum atomic E-state index is 10.5. The summed E-state index contributed by atoms with van der Waals surface area (Å²) in [5.74, 6) is 0.866. The summed E-state index contributed by atoms with van der Waals surface area (Å²) in [5.41, 5.74) is 0. The van der Waals surface area contributed by atoms with Gasteiger partial charge in [0.1, 0.15) is 0 Å². The van der Waals surface area contributed by atoms with Gasteiger partial charge in [-0.2, -0.15) is 4.98 Å². The van der Waals surface area contributed by atoms with Gasteiger partial charge in [-0.05, 0) is 25.7 Å². The minimum absolute atomic E-state index is 0.00677. The monoisotopic (exact) mass is 294 g/mol. The summed E-state index contributed by atoms with van der Waals surface area (Å²) in [6.45, 7) is 4.97. The molecule has 0 bridgehead atoms. The highest BCUT2D eigenvalue weighted by Gasteiger charge is 2.22. The lowest BCUT2D eigenvalue weighted by molar-refractivity contribution is -0.136. The predicted octanol–water partition coefficient (Wildman–Crippen LogP) is 0.766. The van der Waals surface area contributed by atoms with Crippen molar-refractivity contribution in [1.82, 2.24) is 15.3 Å². The van der Waals surface area contributed by atoms with E-state index in [1.807, 2.05) is 6.92 Å². The Hall–Kier alpha value is -1.89. The van der Waals surface area contributed by atoms with Crippen LogP contribution in [0.1, 0.15) is 19.8 Å². The molecule has 0 aromatic carbocycles. The molecular formula is C14H22N4O3. The SMILES string of the molecule is CCOc1ccnc(N2CCCC(CNCC(=O)O)C2)n1. The lowest BCUT2D eigenvalue weighted by Crippen LogP contribution is -2.41. The van der Waals surface area contributed by atoms with Crippen LogP contribution in [-0.4, -0.2) is 53.8 Å². The van der Waals surface area contributed by atoms with E-state index < -0.39 is 5.97 Å². The molecule has 116 valence electrons. The third-order valence-corrected chi connectivity index (χ3v) is 3.42. The molecule has 7 nitrogen and oxygen atoms in total. The van der Waals surface area contributed by atoms with Gasteiger partial charge in [-0.25, -0.2) is 4.98 Å². The van der Waals surface area contributed by atoms with Gasteiger partial charge in [-0.3, -0.25) is 4.79 Å². The highest BCUT2D eigenvalue weighted by molar-refractivity contribution is 5.68. The van der Waals surface area contributed by atoms with Crippen LogP contribution in [-0.2, 0) is 4.79 Å². The second-order valence-electron chi connectivity index (χ2n) is 5.11. The summed E-state index contributed by atoms with van der Waals surface area (Å²) < 4.78 is 5.40. The molecule has 0 aliphatic carbocycles. The van der Waals surface area contributed by atoms with Gasteiger partial charge >= 0.3 is 5.97 Å². The Morgan fingerprint density at radius 1 is 1.62 bits per heavy atom. The van der Waals surface area contributed by atoms with Gasteiger partial charge in [0.05, 0.1) is 13.2 Å². The number of anilines is 1. The van der Waals surface area contributed by atoms with Gasteiger partial charge < -0.3 is 20.1 Å². The van der Waals surface area contributed by atoms with Crippen molar-refractivity contribution in [3.05, 3.63) is 12.3 Å². The fourth-order valence-corrected chi connectivity index (χ4v) is 2.51. The Morgan fingerprint density at radius 2 is 2.48 bits per heavy atom. The molecule has 21 heavy (non-hydrogen) atoms. The molecule has 2 rings (SSSR count). The highest BCUT2D eigenvalue weighted by Crippen LogP contribution is 2.21. The fourth-order valence-electron chi connectivity index (χ4n) is 2.51. The first-order valence-corrected chi connectivity index (χ1v) is 7.32. The first kappa shape index (κ1) is 15.5. The van der Waals surface area contributed by atoms with Crippen LogP contribution in [0.5, 0.6) is 5.88 Å². The van der Waals surface area contributed by atoms with E-state index in [0.717, 1.165) is 25.9 Å². The number of rotatable bonds is 7. The number of carboxylic acid groups (broad SMARTS) is 1. The average molecular weight is 294 g/mol. The first-order chi connectivity index (χ1) is 10.2. The summed E-state index contributed by atoms with van der Waals surface area (Å²) in [5, 5.41) is 11.6. The van der Waals surface area contributed by atoms with Crippen LogP contribution >= 0.6 is 0 Å². The zero-order valence-electron chi connectivity index (χ0n) is 12.3. The summed E-state index contributed by atoms with van der Waals surface area (Å²) >= 11 is 0. The van der Waals surface area contributed by atoms with Crippen molar-refractivity contribution in [3.8, 4) is 5.88 Å². The zero-order valence-corrected chi connectivity index (χ0v) is 12.3. The fraction of sp³-hybridized carbons (Fsp3) is 0.643. The molecule has 2 heterocycles. The number of aliphatic carboxylic acids is 1. The van der Waals surface area contributed by atoms with E-state index in [9.17, 15) is 4.79 Å². The second-order valence-corrected chi connectivity index (χ2v) is 5.11. The molecule has 0 amide bonds. The smallest absolute Gasteiger partial charge is 0.317 e. The molecule has 1 aromatic heterocycles. The number of carboxylic acids is 1. The Bertz CT molecular complexity index is 469. The highest BCUT2D eigenvalue weighted by atomic mass is 16.5. The number of carbonyl (C=O) groups is 1. The van der Waals surface area contributed by atoms with E-state index in [0.29, 0.717) is 30.9 Å². The molecule has 1 aliphatic rings. The van der Waals surface area contributed by atoms with Crippen LogP contribution in [0.4, 0.5) is 5.95 Å². The Kier molecular flexibility index (Phi) is 5.74.